The highest BCUT2D eigenvalue weighted by Crippen LogP contribution is 2.24. The van der Waals surface area contributed by atoms with Gasteiger partial charge in [0.1, 0.15) is 23.1 Å². The van der Waals surface area contributed by atoms with Crippen molar-refractivity contribution in [3.8, 4) is 0 Å². The first-order valence-corrected chi connectivity index (χ1v) is 7.59. The summed E-state index contributed by atoms with van der Waals surface area (Å²) >= 11 is 1.56. The summed E-state index contributed by atoms with van der Waals surface area (Å²) < 4.78 is 5.25. The number of aryl methyl sites for hydroxylation is 1. The maximum atomic E-state index is 10.8. The number of rotatable bonds is 6. The van der Waals surface area contributed by atoms with Crippen molar-refractivity contribution < 1.29 is 9.66 Å². The van der Waals surface area contributed by atoms with Crippen LogP contribution in [0.25, 0.3) is 0 Å². The molecule has 0 aliphatic rings. The van der Waals surface area contributed by atoms with E-state index in [0.29, 0.717) is 12.4 Å². The Kier molecular flexibility index (Phi) is 5.04. The van der Waals surface area contributed by atoms with Crippen LogP contribution in [0.4, 0.5) is 11.5 Å². The normalized spacial score (nSPS) is 12.2. The molecular weight excluding hydrogens is 304 g/mol. The average molecular weight is 322 g/mol. The van der Waals surface area contributed by atoms with Gasteiger partial charge in [-0.1, -0.05) is 0 Å². The van der Waals surface area contributed by atoms with Crippen molar-refractivity contribution in [1.82, 2.24) is 9.97 Å². The van der Waals surface area contributed by atoms with Crippen molar-refractivity contribution in [2.75, 3.05) is 19.1 Å². The molecule has 2 heterocycles. The third-order valence-corrected chi connectivity index (χ3v) is 4.33. The van der Waals surface area contributed by atoms with Crippen LogP contribution in [0.1, 0.15) is 29.3 Å². The number of pyridine rings is 1. The van der Waals surface area contributed by atoms with E-state index in [-0.39, 0.29) is 11.8 Å². The Balaban J connectivity index is 2.13. The number of hydrogen-bond donors (Lipinski definition) is 0. The van der Waals surface area contributed by atoms with Crippen LogP contribution in [0.15, 0.2) is 17.6 Å². The molecule has 2 aromatic rings. The lowest BCUT2D eigenvalue weighted by atomic mass is 10.2. The van der Waals surface area contributed by atoms with Gasteiger partial charge in [-0.15, -0.1) is 11.3 Å². The number of thiazole rings is 1. The summed E-state index contributed by atoms with van der Waals surface area (Å²) in [6.45, 7) is 4.35. The van der Waals surface area contributed by atoms with Crippen molar-refractivity contribution >= 4 is 22.8 Å². The summed E-state index contributed by atoms with van der Waals surface area (Å²) in [5.41, 5.74) is 1.68. The molecule has 0 aliphatic carbocycles. The molecule has 0 fully saturated rings. The van der Waals surface area contributed by atoms with Gasteiger partial charge in [-0.05, 0) is 19.4 Å². The van der Waals surface area contributed by atoms with Crippen LogP contribution in [-0.4, -0.2) is 29.0 Å². The number of hydrogen-bond acceptors (Lipinski definition) is 7. The number of nitro groups is 1. The Labute approximate surface area is 132 Å². The van der Waals surface area contributed by atoms with Gasteiger partial charge in [-0.2, -0.15) is 0 Å². The number of anilines is 1. The second-order valence-electron chi connectivity index (χ2n) is 5.00. The Morgan fingerprint density at radius 2 is 2.27 bits per heavy atom. The molecule has 22 heavy (non-hydrogen) atoms. The first kappa shape index (κ1) is 16.3. The Morgan fingerprint density at radius 3 is 2.86 bits per heavy atom. The van der Waals surface area contributed by atoms with Crippen LogP contribution in [0.5, 0.6) is 0 Å². The van der Waals surface area contributed by atoms with Gasteiger partial charge in [0, 0.05) is 25.6 Å². The van der Waals surface area contributed by atoms with Gasteiger partial charge >= 0.3 is 0 Å². The molecule has 0 N–H and O–H groups in total. The summed E-state index contributed by atoms with van der Waals surface area (Å²) in [6.07, 6.45) is 1.25. The number of aromatic nitrogens is 2. The fourth-order valence-electron chi connectivity index (χ4n) is 2.05. The molecule has 0 saturated carbocycles. The lowest BCUT2D eigenvalue weighted by Gasteiger charge is -2.18. The molecule has 0 radical (unpaired) electrons. The van der Waals surface area contributed by atoms with E-state index in [1.807, 2.05) is 31.2 Å². The largest absolute Gasteiger partial charge is 0.375 e. The second kappa shape index (κ2) is 6.80. The molecule has 2 rings (SSSR count). The predicted octanol–water partition coefficient (Wildman–Crippen LogP) is 3.10. The molecule has 0 saturated heterocycles. The van der Waals surface area contributed by atoms with E-state index in [4.69, 9.17) is 4.74 Å². The fourth-order valence-corrected chi connectivity index (χ4v) is 2.89. The molecule has 0 aliphatic heterocycles. The molecule has 0 amide bonds. The smallest absolute Gasteiger partial charge is 0.287 e. The molecule has 7 nitrogen and oxygen atoms in total. The molecule has 1 unspecified atom stereocenters. The maximum Gasteiger partial charge on any atom is 0.287 e. The zero-order valence-electron chi connectivity index (χ0n) is 12.9. The Bertz CT molecular complexity index is 674. The van der Waals surface area contributed by atoms with Gasteiger partial charge in [0.15, 0.2) is 0 Å². The zero-order valence-corrected chi connectivity index (χ0v) is 13.8. The van der Waals surface area contributed by atoms with Gasteiger partial charge in [0.25, 0.3) is 5.69 Å². The molecule has 1 atom stereocenters. The SMILES string of the molecule is COC(C)c1nc(CN(C)c2ncc([N+](=O)[O-])cc2C)cs1. The minimum Gasteiger partial charge on any atom is -0.375 e. The topological polar surface area (TPSA) is 81.4 Å². The number of ether oxygens (including phenoxy) is 1. The summed E-state index contributed by atoms with van der Waals surface area (Å²) in [5.74, 6) is 0.708. The van der Waals surface area contributed by atoms with Crippen LogP contribution in [-0.2, 0) is 11.3 Å². The number of nitrogens with zero attached hydrogens (tertiary/aromatic N) is 4. The highest BCUT2D eigenvalue weighted by molar-refractivity contribution is 7.09. The van der Waals surface area contributed by atoms with E-state index in [1.54, 1.807) is 18.4 Å². The summed E-state index contributed by atoms with van der Waals surface area (Å²) in [4.78, 5) is 21.0. The highest BCUT2D eigenvalue weighted by atomic mass is 32.1. The number of methoxy groups -OCH3 is 1. The quantitative estimate of drug-likeness (QED) is 0.600. The van der Waals surface area contributed by atoms with E-state index in [2.05, 4.69) is 9.97 Å². The van der Waals surface area contributed by atoms with E-state index < -0.39 is 4.92 Å². The molecule has 0 aromatic carbocycles. The third kappa shape index (κ3) is 3.58. The van der Waals surface area contributed by atoms with Gasteiger partial charge in [0.05, 0.1) is 17.2 Å². The monoisotopic (exact) mass is 322 g/mol. The van der Waals surface area contributed by atoms with Gasteiger partial charge in [0.2, 0.25) is 0 Å². The van der Waals surface area contributed by atoms with Gasteiger partial charge < -0.3 is 9.64 Å². The van der Waals surface area contributed by atoms with Crippen LogP contribution >= 0.6 is 11.3 Å². The van der Waals surface area contributed by atoms with E-state index in [1.165, 1.54) is 12.3 Å². The fraction of sp³-hybridized carbons (Fsp3) is 0.429. The summed E-state index contributed by atoms with van der Waals surface area (Å²) in [5, 5.41) is 13.7. The standard InChI is InChI=1S/C14H18N4O3S/c1-9-5-12(18(19)20)6-15-13(9)17(3)7-11-8-22-14(16-11)10(2)21-4/h5-6,8,10H,7H2,1-4H3. The van der Waals surface area contributed by atoms with E-state index in [9.17, 15) is 10.1 Å². The molecule has 8 heteroatoms. The van der Waals surface area contributed by atoms with Gasteiger partial charge in [-0.3, -0.25) is 10.1 Å². The molecule has 2 aromatic heterocycles. The van der Waals surface area contributed by atoms with E-state index >= 15 is 0 Å². The minimum atomic E-state index is -0.442. The van der Waals surface area contributed by atoms with Crippen molar-refractivity contribution in [1.29, 1.82) is 0 Å². The lowest BCUT2D eigenvalue weighted by Crippen LogP contribution is -2.19. The maximum absolute atomic E-state index is 10.8. The molecule has 0 spiro atoms. The van der Waals surface area contributed by atoms with Crippen LogP contribution < -0.4 is 4.90 Å². The molecular formula is C14H18N4O3S. The first-order chi connectivity index (χ1) is 10.4. The molecule has 118 valence electrons. The second-order valence-corrected chi connectivity index (χ2v) is 5.89. The zero-order chi connectivity index (χ0) is 16.3. The predicted molar refractivity (Wildman–Crippen MR) is 85.3 cm³/mol. The minimum absolute atomic E-state index is 0.000450. The van der Waals surface area contributed by atoms with Crippen molar-refractivity contribution in [3.63, 3.8) is 0 Å². The Hall–Kier alpha value is -2.06. The van der Waals surface area contributed by atoms with Crippen LogP contribution in [0.3, 0.4) is 0 Å². The first-order valence-electron chi connectivity index (χ1n) is 6.71. The summed E-state index contributed by atoms with van der Waals surface area (Å²) in [6, 6.07) is 1.53. The third-order valence-electron chi connectivity index (χ3n) is 3.28. The van der Waals surface area contributed by atoms with Gasteiger partial charge in [-0.25, -0.2) is 9.97 Å². The lowest BCUT2D eigenvalue weighted by molar-refractivity contribution is -0.385. The van der Waals surface area contributed by atoms with Crippen LogP contribution in [0.2, 0.25) is 0 Å². The van der Waals surface area contributed by atoms with Crippen molar-refractivity contribution in [2.24, 2.45) is 0 Å². The van der Waals surface area contributed by atoms with Crippen LogP contribution in [0, 0.1) is 17.0 Å². The summed E-state index contributed by atoms with van der Waals surface area (Å²) in [7, 11) is 3.54. The highest BCUT2D eigenvalue weighted by Gasteiger charge is 2.15. The van der Waals surface area contributed by atoms with Crippen molar-refractivity contribution in [2.45, 2.75) is 26.5 Å². The Morgan fingerprint density at radius 1 is 1.55 bits per heavy atom. The average Bonchev–Trinajstić information content (AvgIpc) is 2.94. The van der Waals surface area contributed by atoms with Crippen molar-refractivity contribution in [3.05, 3.63) is 44.0 Å². The molecule has 0 bridgehead atoms. The van der Waals surface area contributed by atoms with E-state index in [0.717, 1.165) is 16.3 Å².